The Hall–Kier alpha value is -3.89. The molecule has 2 aromatic carbocycles. The Morgan fingerprint density at radius 3 is 1.97 bits per heavy atom. The maximum atomic E-state index is 12.7. The van der Waals surface area contributed by atoms with E-state index in [2.05, 4.69) is 10.6 Å². The molecule has 0 aliphatic heterocycles. The molecule has 11 heteroatoms. The van der Waals surface area contributed by atoms with E-state index in [9.17, 15) is 32.3 Å². The molecule has 0 saturated carbocycles. The molecule has 3 amide bonds. The average Bonchev–Trinajstić information content (AvgIpc) is 2.84. The van der Waals surface area contributed by atoms with Crippen molar-refractivity contribution in [1.29, 1.82) is 0 Å². The molecule has 2 aromatic rings. The Balaban J connectivity index is 1.99. The van der Waals surface area contributed by atoms with E-state index in [0.717, 1.165) is 18.2 Å². The van der Waals surface area contributed by atoms with Gasteiger partial charge in [0.15, 0.2) is 0 Å². The molecule has 0 aliphatic rings. The number of esters is 1. The predicted octanol–water partition coefficient (Wildman–Crippen LogP) is 1.68. The van der Waals surface area contributed by atoms with Crippen molar-refractivity contribution in [3.05, 3.63) is 71.8 Å². The number of hydrogen-bond donors (Lipinski definition) is 3. The maximum Gasteiger partial charge on any atom is 0.471 e. The van der Waals surface area contributed by atoms with Crippen molar-refractivity contribution in [3.8, 4) is 0 Å². The molecule has 0 radical (unpaired) electrons. The molecule has 0 aromatic heterocycles. The monoisotopic (exact) mass is 493 g/mol. The van der Waals surface area contributed by atoms with Crippen LogP contribution in [-0.2, 0) is 36.8 Å². The summed E-state index contributed by atoms with van der Waals surface area (Å²) in [6.07, 6.45) is -4.95. The van der Waals surface area contributed by atoms with Crippen LogP contribution in [-0.4, -0.2) is 55.6 Å². The number of carbonyl (C=O) groups is 4. The number of carbonyl (C=O) groups excluding carboxylic acids is 4. The number of alkyl halides is 3. The summed E-state index contributed by atoms with van der Waals surface area (Å²) >= 11 is 0. The molecule has 35 heavy (non-hydrogen) atoms. The smallest absolute Gasteiger partial charge is 0.467 e. The molecule has 0 fully saturated rings. The Morgan fingerprint density at radius 2 is 1.43 bits per heavy atom. The zero-order valence-corrected chi connectivity index (χ0v) is 18.9. The van der Waals surface area contributed by atoms with Crippen LogP contribution in [0.4, 0.5) is 13.2 Å². The summed E-state index contributed by atoms with van der Waals surface area (Å²) in [6, 6.07) is 14.9. The minimum atomic E-state index is -5.17. The second-order valence-corrected chi connectivity index (χ2v) is 7.60. The van der Waals surface area contributed by atoms with Gasteiger partial charge in [-0.05, 0) is 24.0 Å². The quantitative estimate of drug-likeness (QED) is 0.413. The van der Waals surface area contributed by atoms with E-state index in [0.29, 0.717) is 0 Å². The van der Waals surface area contributed by atoms with E-state index in [1.54, 1.807) is 66.0 Å². The third-order valence-electron chi connectivity index (χ3n) is 4.97. The minimum absolute atomic E-state index is 0.127. The Morgan fingerprint density at radius 1 is 0.857 bits per heavy atom. The van der Waals surface area contributed by atoms with Crippen molar-refractivity contribution in [3.63, 3.8) is 0 Å². The Labute approximate surface area is 200 Å². The first-order valence-electron chi connectivity index (χ1n) is 10.7. The van der Waals surface area contributed by atoms with Crippen LogP contribution in [0.1, 0.15) is 17.5 Å². The van der Waals surface area contributed by atoms with Gasteiger partial charge in [-0.3, -0.25) is 14.4 Å². The van der Waals surface area contributed by atoms with Crippen molar-refractivity contribution in [2.45, 2.75) is 37.5 Å². The topological polar surface area (TPSA) is 114 Å². The van der Waals surface area contributed by atoms with Gasteiger partial charge in [0.05, 0.1) is 13.7 Å². The van der Waals surface area contributed by atoms with Gasteiger partial charge in [-0.15, -0.1) is 0 Å². The van der Waals surface area contributed by atoms with Gasteiger partial charge in [0.25, 0.3) is 0 Å². The van der Waals surface area contributed by atoms with Crippen molar-refractivity contribution < 1.29 is 37.1 Å². The number of amides is 3. The molecule has 0 unspecified atom stereocenters. The highest BCUT2D eigenvalue weighted by Crippen LogP contribution is 2.15. The van der Waals surface area contributed by atoms with Crippen LogP contribution in [0, 0.1) is 0 Å². The predicted molar refractivity (Wildman–Crippen MR) is 120 cm³/mol. The van der Waals surface area contributed by atoms with E-state index in [4.69, 9.17) is 4.74 Å². The lowest BCUT2D eigenvalue weighted by molar-refractivity contribution is -0.174. The number of methoxy groups -OCH3 is 1. The zero-order valence-electron chi connectivity index (χ0n) is 18.9. The molecule has 0 saturated heterocycles. The van der Waals surface area contributed by atoms with Crippen molar-refractivity contribution >= 4 is 23.7 Å². The third-order valence-corrected chi connectivity index (χ3v) is 4.97. The number of aryl methyl sites for hydroxylation is 1. The maximum absolute atomic E-state index is 12.7. The number of benzene rings is 2. The van der Waals surface area contributed by atoms with Crippen LogP contribution in [0.15, 0.2) is 60.7 Å². The number of rotatable bonds is 11. The van der Waals surface area contributed by atoms with Gasteiger partial charge in [-0.25, -0.2) is 4.79 Å². The summed E-state index contributed by atoms with van der Waals surface area (Å²) in [6.45, 7) is -0.620. The van der Waals surface area contributed by atoms with E-state index < -0.39 is 48.5 Å². The first kappa shape index (κ1) is 27.4. The first-order chi connectivity index (χ1) is 16.6. The molecule has 3 N–H and O–H groups in total. The van der Waals surface area contributed by atoms with E-state index in [1.807, 2.05) is 0 Å². The number of hydrogen-bond acceptors (Lipinski definition) is 5. The molecule has 0 spiro atoms. The molecular formula is C24H26F3N3O5. The normalized spacial score (nSPS) is 12.7. The molecular weight excluding hydrogens is 467 g/mol. The van der Waals surface area contributed by atoms with Gasteiger partial charge in [0.1, 0.15) is 12.1 Å². The fraction of sp³-hybridized carbons (Fsp3) is 0.333. The number of halogens is 3. The highest BCUT2D eigenvalue weighted by Gasteiger charge is 2.40. The van der Waals surface area contributed by atoms with E-state index in [1.165, 1.54) is 0 Å². The third kappa shape index (κ3) is 9.48. The number of ether oxygens (including phenoxy) is 1. The molecule has 0 heterocycles. The summed E-state index contributed by atoms with van der Waals surface area (Å²) in [7, 11) is 1.16. The average molecular weight is 493 g/mol. The second-order valence-electron chi connectivity index (χ2n) is 7.60. The highest BCUT2D eigenvalue weighted by atomic mass is 19.4. The van der Waals surface area contributed by atoms with Gasteiger partial charge in [-0.1, -0.05) is 60.7 Å². The molecule has 0 bridgehead atoms. The lowest BCUT2D eigenvalue weighted by atomic mass is 10.0. The SMILES string of the molecule is COC(=O)[C@H](Cc1ccccc1)NC(=O)CNC(=O)[C@H](CCc1ccccc1)NC(=O)C(F)(F)F. The van der Waals surface area contributed by atoms with Crippen LogP contribution < -0.4 is 16.0 Å². The minimum Gasteiger partial charge on any atom is -0.467 e. The molecule has 8 nitrogen and oxygen atoms in total. The summed E-state index contributed by atoms with van der Waals surface area (Å²) in [5.41, 5.74) is 1.51. The van der Waals surface area contributed by atoms with Crippen molar-refractivity contribution in [2.75, 3.05) is 13.7 Å². The van der Waals surface area contributed by atoms with Crippen LogP contribution in [0.3, 0.4) is 0 Å². The Bertz CT molecular complexity index is 1000. The molecule has 2 atom stereocenters. The molecule has 2 rings (SSSR count). The van der Waals surface area contributed by atoms with Crippen LogP contribution in [0.2, 0.25) is 0 Å². The van der Waals surface area contributed by atoms with Gasteiger partial charge in [0.2, 0.25) is 11.8 Å². The van der Waals surface area contributed by atoms with E-state index in [-0.39, 0.29) is 19.3 Å². The van der Waals surface area contributed by atoms with Gasteiger partial charge in [-0.2, -0.15) is 13.2 Å². The van der Waals surface area contributed by atoms with Crippen LogP contribution >= 0.6 is 0 Å². The lowest BCUT2D eigenvalue weighted by Gasteiger charge is -2.20. The summed E-state index contributed by atoms with van der Waals surface area (Å²) in [5.74, 6) is -4.68. The van der Waals surface area contributed by atoms with Crippen LogP contribution in [0.25, 0.3) is 0 Å². The van der Waals surface area contributed by atoms with E-state index >= 15 is 0 Å². The lowest BCUT2D eigenvalue weighted by Crippen LogP contribution is -2.53. The van der Waals surface area contributed by atoms with Gasteiger partial charge >= 0.3 is 18.1 Å². The Kier molecular flexibility index (Phi) is 10.2. The fourth-order valence-corrected chi connectivity index (χ4v) is 3.19. The van der Waals surface area contributed by atoms with Crippen molar-refractivity contribution in [2.24, 2.45) is 0 Å². The highest BCUT2D eigenvalue weighted by molar-refractivity contribution is 5.92. The molecule has 188 valence electrons. The summed E-state index contributed by atoms with van der Waals surface area (Å²) < 4.78 is 42.9. The summed E-state index contributed by atoms with van der Waals surface area (Å²) in [5, 5.41) is 6.32. The summed E-state index contributed by atoms with van der Waals surface area (Å²) in [4.78, 5) is 48.3. The molecule has 0 aliphatic carbocycles. The van der Waals surface area contributed by atoms with Gasteiger partial charge < -0.3 is 20.7 Å². The second kappa shape index (κ2) is 13.1. The van der Waals surface area contributed by atoms with Crippen LogP contribution in [0.5, 0.6) is 0 Å². The van der Waals surface area contributed by atoms with Gasteiger partial charge in [0, 0.05) is 6.42 Å². The standard InChI is InChI=1S/C24H26F3N3O5/c1-35-22(33)19(14-17-10-6-3-7-11-17)29-20(31)15-28-21(32)18(30-23(34)24(25,26)27)13-12-16-8-4-2-5-9-16/h2-11,18-19H,12-15H2,1H3,(H,28,32)(H,29,31)(H,30,34)/t18-,19-/m0/s1. The van der Waals surface area contributed by atoms with Crippen molar-refractivity contribution in [1.82, 2.24) is 16.0 Å². The zero-order chi connectivity index (χ0) is 25.8. The largest absolute Gasteiger partial charge is 0.471 e. The fourth-order valence-electron chi connectivity index (χ4n) is 3.19. The number of nitrogens with one attached hydrogen (secondary N) is 3. The first-order valence-corrected chi connectivity index (χ1v) is 10.7.